The van der Waals surface area contributed by atoms with Crippen molar-refractivity contribution in [2.75, 3.05) is 47.0 Å². The van der Waals surface area contributed by atoms with Crippen LogP contribution in [0, 0.1) is 0 Å². The molecule has 1 atom stereocenters. The van der Waals surface area contributed by atoms with Gasteiger partial charge in [-0.15, -0.1) is 0 Å². The first-order valence-corrected chi connectivity index (χ1v) is 12.6. The minimum atomic E-state index is 0.206. The van der Waals surface area contributed by atoms with E-state index in [0.717, 1.165) is 36.8 Å². The van der Waals surface area contributed by atoms with Gasteiger partial charge in [-0.2, -0.15) is 0 Å². The van der Waals surface area contributed by atoms with E-state index in [4.69, 9.17) is 19.3 Å². The van der Waals surface area contributed by atoms with E-state index in [1.54, 1.807) is 12.1 Å². The van der Waals surface area contributed by atoms with Gasteiger partial charge in [-0.1, -0.05) is 19.9 Å². The van der Waals surface area contributed by atoms with Crippen LogP contribution in [0.4, 0.5) is 0 Å². The normalized spacial score (nSPS) is 15.9. The van der Waals surface area contributed by atoms with Crippen molar-refractivity contribution in [1.29, 1.82) is 0 Å². The van der Waals surface area contributed by atoms with Gasteiger partial charge in [0.15, 0.2) is 11.5 Å². The Morgan fingerprint density at radius 3 is 2.34 bits per heavy atom. The van der Waals surface area contributed by atoms with Gasteiger partial charge in [0.25, 0.3) is 0 Å². The Balaban J connectivity index is 0.000000265. The molecule has 7 nitrogen and oxygen atoms in total. The molecule has 1 fully saturated rings. The molecule has 0 bridgehead atoms. The lowest BCUT2D eigenvalue weighted by molar-refractivity contribution is -0.108. The van der Waals surface area contributed by atoms with Crippen LogP contribution in [-0.4, -0.2) is 69.3 Å². The predicted octanol–water partition coefficient (Wildman–Crippen LogP) is 4.71. The molecule has 7 heteroatoms. The maximum atomic E-state index is 9.93. The largest absolute Gasteiger partial charge is 0.508 e. The van der Waals surface area contributed by atoms with Crippen molar-refractivity contribution in [3.05, 3.63) is 48.0 Å². The number of fused-ring (bicyclic) bond motifs is 1. The number of hydrogen-bond acceptors (Lipinski definition) is 7. The van der Waals surface area contributed by atoms with Crippen LogP contribution in [0.1, 0.15) is 45.6 Å². The number of carbonyl (C=O) groups is 1. The maximum absolute atomic E-state index is 9.93. The molecule has 0 spiro atoms. The highest BCUT2D eigenvalue weighted by Gasteiger charge is 2.14. The van der Waals surface area contributed by atoms with Gasteiger partial charge in [-0.25, -0.2) is 0 Å². The lowest BCUT2D eigenvalue weighted by Gasteiger charge is -2.18. The number of nitrogens with one attached hydrogen (secondary N) is 1. The van der Waals surface area contributed by atoms with Gasteiger partial charge in [0.05, 0.1) is 6.61 Å². The summed E-state index contributed by atoms with van der Waals surface area (Å²) in [6.45, 7) is 10.3. The van der Waals surface area contributed by atoms with Crippen molar-refractivity contribution in [2.45, 2.75) is 52.5 Å². The summed E-state index contributed by atoms with van der Waals surface area (Å²) in [6.07, 6.45) is 5.02. The van der Waals surface area contributed by atoms with E-state index in [1.807, 2.05) is 27.0 Å². The zero-order valence-corrected chi connectivity index (χ0v) is 22.1. The molecule has 0 aromatic heterocycles. The van der Waals surface area contributed by atoms with Crippen LogP contribution in [-0.2, 0) is 11.2 Å². The van der Waals surface area contributed by atoms with Gasteiger partial charge in [-0.3, -0.25) is 0 Å². The third-order valence-electron chi connectivity index (χ3n) is 5.50. The maximum Gasteiger partial charge on any atom is 0.161 e. The lowest BCUT2D eigenvalue weighted by Crippen LogP contribution is -2.20. The molecule has 196 valence electrons. The number of benzene rings is 2. The Bertz CT molecular complexity index is 805. The van der Waals surface area contributed by atoms with Gasteiger partial charge in [0, 0.05) is 12.5 Å². The number of likely N-dealkylation sites (N-methyl/N-ethyl adjacent to an activating group) is 1. The number of rotatable bonds is 7. The lowest BCUT2D eigenvalue weighted by atomic mass is 10.1. The minimum absolute atomic E-state index is 0.206. The van der Waals surface area contributed by atoms with Gasteiger partial charge in [-0.05, 0) is 95.3 Å². The predicted molar refractivity (Wildman–Crippen MR) is 142 cm³/mol. The Morgan fingerprint density at radius 1 is 1.11 bits per heavy atom. The van der Waals surface area contributed by atoms with Crippen molar-refractivity contribution in [2.24, 2.45) is 0 Å². The number of likely N-dealkylation sites (tertiary alicyclic amines) is 1. The molecular weight excluding hydrogens is 444 g/mol. The number of aldehydes is 1. The molecule has 2 N–H and O–H groups in total. The third-order valence-corrected chi connectivity index (χ3v) is 5.50. The fourth-order valence-corrected chi connectivity index (χ4v) is 3.36. The summed E-state index contributed by atoms with van der Waals surface area (Å²) >= 11 is 0. The van der Waals surface area contributed by atoms with E-state index < -0.39 is 0 Å². The summed E-state index contributed by atoms with van der Waals surface area (Å²) in [5.41, 5.74) is 1.28. The van der Waals surface area contributed by atoms with E-state index in [0.29, 0.717) is 32.0 Å². The van der Waals surface area contributed by atoms with Crippen molar-refractivity contribution in [3.8, 4) is 23.0 Å². The van der Waals surface area contributed by atoms with Crippen molar-refractivity contribution >= 4 is 6.29 Å². The molecule has 1 saturated heterocycles. The molecule has 2 aromatic carbocycles. The van der Waals surface area contributed by atoms with Crippen LogP contribution in [0.15, 0.2) is 42.5 Å². The highest BCUT2D eigenvalue weighted by atomic mass is 16.6. The highest BCUT2D eigenvalue weighted by molar-refractivity contribution is 5.49. The second-order valence-corrected chi connectivity index (χ2v) is 8.10. The fourth-order valence-electron chi connectivity index (χ4n) is 3.36. The standard InChI is InChI=1S/C11H15NO2.C9H10O3.C6H13N.C2H6/c1-12-5-4-9-2-3-10-11(8-9)14-7-6-13-10;10-6-1-7-12-9-4-2-8(11)3-5-9;1-6-4-3-5-7(6)2;1-2/h2-3,8,12H,4-7H2,1H3;2-6,11H,1,7H2;6H,3-5H2,1-2H3;1-2H3. The van der Waals surface area contributed by atoms with Crippen LogP contribution in [0.3, 0.4) is 0 Å². The fraction of sp³-hybridized carbons (Fsp3) is 0.536. The Kier molecular flexibility index (Phi) is 16.0. The third kappa shape index (κ3) is 12.5. The van der Waals surface area contributed by atoms with Crippen LogP contribution in [0.2, 0.25) is 0 Å². The van der Waals surface area contributed by atoms with Crippen LogP contribution < -0.4 is 19.5 Å². The molecule has 2 aromatic rings. The number of aromatic hydroxyl groups is 1. The molecule has 0 saturated carbocycles. The smallest absolute Gasteiger partial charge is 0.161 e. The number of hydrogen-bond donors (Lipinski definition) is 2. The quantitative estimate of drug-likeness (QED) is 0.432. The van der Waals surface area contributed by atoms with Gasteiger partial charge >= 0.3 is 0 Å². The average Bonchev–Trinajstić information content (AvgIpc) is 3.28. The summed E-state index contributed by atoms with van der Waals surface area (Å²) in [5.74, 6) is 2.61. The summed E-state index contributed by atoms with van der Waals surface area (Å²) in [6, 6.07) is 13.4. The molecular formula is C28H44N2O5. The van der Waals surface area contributed by atoms with Crippen molar-refractivity contribution < 1.29 is 24.1 Å². The Morgan fingerprint density at radius 2 is 1.80 bits per heavy atom. The first-order chi connectivity index (χ1) is 17.0. The summed E-state index contributed by atoms with van der Waals surface area (Å²) < 4.78 is 16.1. The zero-order valence-electron chi connectivity index (χ0n) is 22.1. The topological polar surface area (TPSA) is 80.3 Å². The summed E-state index contributed by atoms with van der Waals surface area (Å²) in [4.78, 5) is 12.3. The zero-order chi connectivity index (χ0) is 25.9. The highest BCUT2D eigenvalue weighted by Crippen LogP contribution is 2.30. The number of phenolic OH excluding ortho intramolecular Hbond substituents is 1. The molecule has 2 aliphatic rings. The van der Waals surface area contributed by atoms with E-state index in [2.05, 4.69) is 36.3 Å². The Labute approximate surface area is 211 Å². The van der Waals surface area contributed by atoms with Gasteiger partial charge in [0.2, 0.25) is 0 Å². The molecule has 0 aliphatic carbocycles. The minimum Gasteiger partial charge on any atom is -0.508 e. The molecule has 0 radical (unpaired) electrons. The SMILES string of the molecule is CC.CC1CCCN1C.CNCCc1ccc2c(c1)OCCO2.O=CCCOc1ccc(O)cc1. The van der Waals surface area contributed by atoms with Crippen molar-refractivity contribution in [3.63, 3.8) is 0 Å². The molecule has 0 amide bonds. The molecule has 2 aliphatic heterocycles. The second-order valence-electron chi connectivity index (χ2n) is 8.10. The Hall–Kier alpha value is -2.77. The molecule has 1 unspecified atom stereocenters. The van der Waals surface area contributed by atoms with Crippen LogP contribution >= 0.6 is 0 Å². The molecule has 4 rings (SSSR count). The number of ether oxygens (including phenoxy) is 3. The number of nitrogens with zero attached hydrogens (tertiary/aromatic N) is 1. The summed E-state index contributed by atoms with van der Waals surface area (Å²) in [5, 5.41) is 12.0. The van der Waals surface area contributed by atoms with Gasteiger partial charge in [0.1, 0.15) is 31.0 Å². The number of carbonyl (C=O) groups excluding carboxylic acids is 1. The van der Waals surface area contributed by atoms with Crippen molar-refractivity contribution in [1.82, 2.24) is 10.2 Å². The molecule has 2 heterocycles. The molecule has 35 heavy (non-hydrogen) atoms. The first kappa shape index (κ1) is 30.3. The second kappa shape index (κ2) is 18.5. The van der Waals surface area contributed by atoms with Crippen LogP contribution in [0.5, 0.6) is 23.0 Å². The first-order valence-electron chi connectivity index (χ1n) is 12.6. The van der Waals surface area contributed by atoms with E-state index in [-0.39, 0.29) is 5.75 Å². The number of phenols is 1. The van der Waals surface area contributed by atoms with E-state index in [1.165, 1.54) is 37.1 Å². The average molecular weight is 489 g/mol. The summed E-state index contributed by atoms with van der Waals surface area (Å²) in [7, 11) is 4.15. The van der Waals surface area contributed by atoms with Gasteiger partial charge < -0.3 is 34.3 Å². The van der Waals surface area contributed by atoms with E-state index >= 15 is 0 Å². The monoisotopic (exact) mass is 488 g/mol. The van der Waals surface area contributed by atoms with Crippen LogP contribution in [0.25, 0.3) is 0 Å². The van der Waals surface area contributed by atoms with E-state index in [9.17, 15) is 4.79 Å².